The molecule has 5 N–H and O–H groups in total. The van der Waals surface area contributed by atoms with Crippen LogP contribution in [0.5, 0.6) is 11.5 Å². The summed E-state index contributed by atoms with van der Waals surface area (Å²) in [4.78, 5) is 24.9. The highest BCUT2D eigenvalue weighted by molar-refractivity contribution is 5.85. The molecule has 1 aromatic rings. The van der Waals surface area contributed by atoms with Crippen LogP contribution in [0.1, 0.15) is 81.3 Å². The van der Waals surface area contributed by atoms with Gasteiger partial charge in [0.05, 0.1) is 25.9 Å². The van der Waals surface area contributed by atoms with E-state index in [-0.39, 0.29) is 24.4 Å². The highest BCUT2D eigenvalue weighted by Crippen LogP contribution is 2.37. The van der Waals surface area contributed by atoms with E-state index in [1.807, 2.05) is 0 Å². The van der Waals surface area contributed by atoms with Crippen molar-refractivity contribution in [2.75, 3.05) is 20.3 Å². The molecular formula is C31H43NO7. The van der Waals surface area contributed by atoms with Crippen molar-refractivity contribution in [3.63, 3.8) is 0 Å². The van der Waals surface area contributed by atoms with Gasteiger partial charge >= 0.3 is 0 Å². The van der Waals surface area contributed by atoms with Gasteiger partial charge in [-0.15, -0.1) is 0 Å². The van der Waals surface area contributed by atoms with Gasteiger partial charge in [0.2, 0.25) is 0 Å². The Morgan fingerprint density at radius 1 is 1.13 bits per heavy atom. The molecule has 2 aliphatic carbocycles. The van der Waals surface area contributed by atoms with Crippen LogP contribution >= 0.6 is 0 Å². The number of phenolic OH excluding ortho intramolecular Hbond substituents is 1. The van der Waals surface area contributed by atoms with Crippen molar-refractivity contribution in [3.8, 4) is 23.3 Å². The van der Waals surface area contributed by atoms with Crippen molar-refractivity contribution >= 4 is 11.6 Å². The van der Waals surface area contributed by atoms with E-state index in [2.05, 4.69) is 17.2 Å². The van der Waals surface area contributed by atoms with E-state index in [1.165, 1.54) is 7.11 Å². The quantitative estimate of drug-likeness (QED) is 0.225. The predicted octanol–water partition coefficient (Wildman–Crippen LogP) is 2.63. The summed E-state index contributed by atoms with van der Waals surface area (Å²) in [6, 6.07) is 3.60. The number of aliphatic hydroxyl groups excluding tert-OH is 3. The van der Waals surface area contributed by atoms with Crippen LogP contribution in [0.15, 0.2) is 12.1 Å². The maximum absolute atomic E-state index is 13.1. The monoisotopic (exact) mass is 541 g/mol. The molecule has 3 aliphatic rings. The number of carbonyl (C=O) groups excluding carboxylic acids is 2. The molecule has 7 atom stereocenters. The Bertz CT molecular complexity index is 1080. The minimum absolute atomic E-state index is 0.0515. The molecule has 0 spiro atoms. The topological polar surface area (TPSA) is 136 Å². The summed E-state index contributed by atoms with van der Waals surface area (Å²) in [7, 11) is 1.46. The van der Waals surface area contributed by atoms with Crippen LogP contribution in [0.4, 0.5) is 0 Å². The molecule has 4 rings (SSSR count). The Labute approximate surface area is 231 Å². The van der Waals surface area contributed by atoms with Crippen LogP contribution in [0, 0.1) is 29.6 Å². The summed E-state index contributed by atoms with van der Waals surface area (Å²) >= 11 is 0. The van der Waals surface area contributed by atoms with Crippen LogP contribution in [0.25, 0.3) is 0 Å². The number of aryl methyl sites for hydroxylation is 1. The van der Waals surface area contributed by atoms with Crippen LogP contribution in [-0.2, 0) is 16.0 Å². The molecule has 214 valence electrons. The van der Waals surface area contributed by atoms with Crippen LogP contribution in [0.3, 0.4) is 0 Å². The fraction of sp³-hybridized carbons (Fsp3) is 0.677. The minimum atomic E-state index is -1.00. The zero-order valence-corrected chi connectivity index (χ0v) is 22.9. The second-order valence-corrected chi connectivity index (χ2v) is 11.6. The number of aromatic hydroxyl groups is 1. The Hall–Kier alpha value is -2.44. The number of Topliss-reactive ketones (excluding diaryl/α,β-unsaturated/α-hetero) is 2. The van der Waals surface area contributed by atoms with Crippen molar-refractivity contribution in [1.29, 1.82) is 0 Å². The zero-order valence-electron chi connectivity index (χ0n) is 22.9. The molecule has 8 nitrogen and oxygen atoms in total. The summed E-state index contributed by atoms with van der Waals surface area (Å²) < 4.78 is 5.25. The molecule has 0 radical (unpaired) electrons. The standard InChI is InChI=1S/C31H43NO7/c1-39-31-14-21-8-11-29(37)25(10-7-20(13-24(35)18-33)26(21)16-30(31)38)28(36)5-3-2-4-19-12-22-6-9-23(34)15-27(22)32-17-19/h14,16,19-20,22,24-25,27-28,32-33,35-36,38H,2-6,8-9,11-13,15,17-18H2,1H3/t19-,20+,22+,24+,25-,27-,28-/m1/s1. The third kappa shape index (κ3) is 7.61. The molecule has 0 amide bonds. The second kappa shape index (κ2) is 13.8. The van der Waals surface area contributed by atoms with Crippen molar-refractivity contribution in [2.45, 2.75) is 94.8 Å². The number of piperidine rings is 1. The lowest BCUT2D eigenvalue weighted by molar-refractivity contribution is -0.124. The van der Waals surface area contributed by atoms with Crippen LogP contribution < -0.4 is 10.1 Å². The predicted molar refractivity (Wildman–Crippen MR) is 146 cm³/mol. The van der Waals surface area contributed by atoms with Crippen LogP contribution in [-0.4, -0.2) is 70.5 Å². The number of unbranched alkanes of at least 4 members (excludes halogenated alkanes) is 1. The number of ketones is 2. The molecule has 2 fully saturated rings. The largest absolute Gasteiger partial charge is 0.504 e. The van der Waals surface area contributed by atoms with Crippen molar-refractivity contribution < 1.29 is 34.8 Å². The first-order chi connectivity index (χ1) is 18.8. The van der Waals surface area contributed by atoms with Gasteiger partial charge in [-0.05, 0) is 80.2 Å². The van der Waals surface area contributed by atoms with Crippen molar-refractivity contribution in [2.24, 2.45) is 17.8 Å². The lowest BCUT2D eigenvalue weighted by Crippen LogP contribution is -2.48. The molecule has 1 saturated carbocycles. The van der Waals surface area contributed by atoms with Gasteiger partial charge in [-0.1, -0.05) is 24.7 Å². The first-order valence-corrected chi connectivity index (χ1v) is 14.4. The average molecular weight is 542 g/mol. The second-order valence-electron chi connectivity index (χ2n) is 11.6. The third-order valence-corrected chi connectivity index (χ3v) is 8.80. The number of carbonyl (C=O) groups is 2. The van der Waals surface area contributed by atoms with Gasteiger partial charge in [-0.2, -0.15) is 0 Å². The molecular weight excluding hydrogens is 498 g/mol. The highest BCUT2D eigenvalue weighted by atomic mass is 16.5. The average Bonchev–Trinajstić information content (AvgIpc) is 2.99. The lowest BCUT2D eigenvalue weighted by atomic mass is 9.74. The summed E-state index contributed by atoms with van der Waals surface area (Å²) in [5.41, 5.74) is 1.49. The van der Waals surface area contributed by atoms with E-state index in [4.69, 9.17) is 4.74 Å². The Morgan fingerprint density at radius 2 is 1.95 bits per heavy atom. The van der Waals surface area contributed by atoms with Gasteiger partial charge in [-0.3, -0.25) is 9.59 Å². The molecule has 39 heavy (non-hydrogen) atoms. The van der Waals surface area contributed by atoms with E-state index < -0.39 is 30.7 Å². The lowest BCUT2D eigenvalue weighted by Gasteiger charge is -2.39. The van der Waals surface area contributed by atoms with Gasteiger partial charge in [0, 0.05) is 31.2 Å². The van der Waals surface area contributed by atoms with Gasteiger partial charge < -0.3 is 30.5 Å². The SMILES string of the molecule is COc1cc2c(cc1O)[C@H](C[C@H](O)CO)C#C[C@H]([C@H](O)CCCC[C@H]1CN[C@@H]3CC(=O)CC[C@H]3C1)C(=O)CC2. The number of methoxy groups -OCH3 is 1. The number of benzene rings is 1. The molecule has 0 aromatic heterocycles. The number of phenols is 1. The van der Waals surface area contributed by atoms with Gasteiger partial charge in [0.1, 0.15) is 11.7 Å². The molecule has 1 saturated heterocycles. The Morgan fingerprint density at radius 3 is 2.72 bits per heavy atom. The molecule has 0 bridgehead atoms. The number of hydrogen-bond donors (Lipinski definition) is 5. The third-order valence-electron chi connectivity index (χ3n) is 8.80. The minimum Gasteiger partial charge on any atom is -0.504 e. The summed E-state index contributed by atoms with van der Waals surface area (Å²) in [6.07, 6.45) is 5.68. The number of ether oxygens (including phenoxy) is 1. The molecule has 1 aliphatic heterocycles. The summed E-state index contributed by atoms with van der Waals surface area (Å²) in [5, 5.41) is 44.5. The van der Waals surface area contributed by atoms with Gasteiger partial charge in [-0.25, -0.2) is 0 Å². The highest BCUT2D eigenvalue weighted by Gasteiger charge is 2.34. The van der Waals surface area contributed by atoms with Gasteiger partial charge in [0.15, 0.2) is 17.3 Å². The first-order valence-electron chi connectivity index (χ1n) is 14.4. The number of rotatable bonds is 10. The fourth-order valence-electron chi connectivity index (χ4n) is 6.52. The van der Waals surface area contributed by atoms with Gasteiger partial charge in [0.25, 0.3) is 0 Å². The molecule has 1 heterocycles. The van der Waals surface area contributed by atoms with Crippen molar-refractivity contribution in [3.05, 3.63) is 23.3 Å². The normalized spacial score (nSPS) is 28.6. The smallest absolute Gasteiger partial charge is 0.160 e. The summed E-state index contributed by atoms with van der Waals surface area (Å²) in [6.45, 7) is 0.516. The molecule has 1 aromatic carbocycles. The Kier molecular flexibility index (Phi) is 10.4. The van der Waals surface area contributed by atoms with Crippen molar-refractivity contribution in [1.82, 2.24) is 5.32 Å². The fourth-order valence-corrected chi connectivity index (χ4v) is 6.52. The van der Waals surface area contributed by atoms with E-state index in [9.17, 15) is 30.0 Å². The number of nitrogens with one attached hydrogen (secondary N) is 1. The zero-order chi connectivity index (χ0) is 27.9. The van der Waals surface area contributed by atoms with E-state index in [1.54, 1.807) is 12.1 Å². The van der Waals surface area contributed by atoms with E-state index in [0.29, 0.717) is 60.7 Å². The van der Waals surface area contributed by atoms with E-state index >= 15 is 0 Å². The number of fused-ring (bicyclic) bond motifs is 2. The molecule has 8 heteroatoms. The maximum atomic E-state index is 13.1. The summed E-state index contributed by atoms with van der Waals surface area (Å²) in [5.74, 6) is 6.43. The number of hydrogen-bond acceptors (Lipinski definition) is 8. The van der Waals surface area contributed by atoms with E-state index in [0.717, 1.165) is 44.2 Å². The maximum Gasteiger partial charge on any atom is 0.160 e. The van der Waals surface area contributed by atoms with Crippen LogP contribution in [0.2, 0.25) is 0 Å². The molecule has 0 unspecified atom stereocenters. The first kappa shape index (κ1) is 29.5. The number of aliphatic hydroxyl groups is 3. The Balaban J connectivity index is 1.37.